The SMILES string of the molecule is N#C[C@@]1(Cl)C[C@H]2c3cccc4cccc(c34)[C@H]21. The van der Waals surface area contributed by atoms with E-state index in [4.69, 9.17) is 11.6 Å². The van der Waals surface area contributed by atoms with E-state index in [1.54, 1.807) is 0 Å². The molecule has 2 heteroatoms. The van der Waals surface area contributed by atoms with Crippen molar-refractivity contribution in [1.29, 1.82) is 5.26 Å². The first kappa shape index (κ1) is 9.50. The molecule has 2 aromatic rings. The second-order valence-electron chi connectivity index (χ2n) is 5.06. The fraction of sp³-hybridized carbons (Fsp3) is 0.267. The molecule has 3 atom stereocenters. The number of fused-ring (bicyclic) bond motifs is 3. The van der Waals surface area contributed by atoms with Gasteiger partial charge in [0.05, 0.1) is 6.07 Å². The number of rotatable bonds is 0. The van der Waals surface area contributed by atoms with Crippen LogP contribution in [0.3, 0.4) is 0 Å². The second-order valence-corrected chi connectivity index (χ2v) is 5.73. The van der Waals surface area contributed by atoms with E-state index in [0.29, 0.717) is 5.92 Å². The van der Waals surface area contributed by atoms with Gasteiger partial charge in [0.1, 0.15) is 4.87 Å². The summed E-state index contributed by atoms with van der Waals surface area (Å²) in [6, 6.07) is 15.0. The lowest BCUT2D eigenvalue weighted by molar-refractivity contribution is 0.308. The van der Waals surface area contributed by atoms with Crippen molar-refractivity contribution in [3.05, 3.63) is 47.5 Å². The average molecular weight is 240 g/mol. The fourth-order valence-corrected chi connectivity index (χ4v) is 4.00. The molecular formula is C15H10ClN. The molecule has 0 unspecified atom stereocenters. The van der Waals surface area contributed by atoms with Gasteiger partial charge in [-0.3, -0.25) is 0 Å². The van der Waals surface area contributed by atoms with E-state index >= 15 is 0 Å². The van der Waals surface area contributed by atoms with Gasteiger partial charge in [0, 0.05) is 5.92 Å². The highest BCUT2D eigenvalue weighted by Crippen LogP contribution is 2.65. The zero-order valence-corrected chi connectivity index (χ0v) is 9.91. The minimum Gasteiger partial charge on any atom is -0.196 e. The monoisotopic (exact) mass is 239 g/mol. The summed E-state index contributed by atoms with van der Waals surface area (Å²) >= 11 is 6.41. The smallest absolute Gasteiger partial charge is 0.139 e. The summed E-state index contributed by atoms with van der Waals surface area (Å²) in [4.78, 5) is -0.683. The fourth-order valence-electron chi connectivity index (χ4n) is 3.56. The molecule has 2 aliphatic carbocycles. The maximum Gasteiger partial charge on any atom is 0.139 e. The van der Waals surface area contributed by atoms with Crippen LogP contribution in [0.15, 0.2) is 36.4 Å². The largest absolute Gasteiger partial charge is 0.196 e. The Balaban J connectivity index is 2.06. The molecular weight excluding hydrogens is 230 g/mol. The Morgan fingerprint density at radius 2 is 1.88 bits per heavy atom. The van der Waals surface area contributed by atoms with Crippen molar-refractivity contribution in [2.45, 2.75) is 23.1 Å². The summed E-state index contributed by atoms with van der Waals surface area (Å²) in [7, 11) is 0. The van der Waals surface area contributed by atoms with Gasteiger partial charge in [-0.2, -0.15) is 5.26 Å². The van der Waals surface area contributed by atoms with E-state index in [0.717, 1.165) is 6.42 Å². The van der Waals surface area contributed by atoms with Crippen molar-refractivity contribution in [1.82, 2.24) is 0 Å². The molecule has 0 N–H and O–H groups in total. The summed E-state index contributed by atoms with van der Waals surface area (Å²) < 4.78 is 0. The third-order valence-electron chi connectivity index (χ3n) is 4.30. The van der Waals surface area contributed by atoms with Crippen LogP contribution >= 0.6 is 11.6 Å². The molecule has 2 aliphatic rings. The van der Waals surface area contributed by atoms with E-state index in [2.05, 4.69) is 42.5 Å². The third-order valence-corrected chi connectivity index (χ3v) is 4.78. The van der Waals surface area contributed by atoms with Crippen molar-refractivity contribution < 1.29 is 0 Å². The van der Waals surface area contributed by atoms with E-state index < -0.39 is 4.87 Å². The van der Waals surface area contributed by atoms with Crippen LogP contribution in [-0.4, -0.2) is 4.87 Å². The van der Waals surface area contributed by atoms with Gasteiger partial charge in [0.15, 0.2) is 0 Å². The van der Waals surface area contributed by atoms with Gasteiger partial charge in [-0.05, 0) is 34.2 Å². The number of nitriles is 1. The Bertz CT molecular complexity index is 680. The van der Waals surface area contributed by atoms with Crippen LogP contribution < -0.4 is 0 Å². The highest BCUT2D eigenvalue weighted by Gasteiger charge is 2.58. The number of hydrogen-bond donors (Lipinski definition) is 0. The van der Waals surface area contributed by atoms with Gasteiger partial charge >= 0.3 is 0 Å². The number of hydrogen-bond acceptors (Lipinski definition) is 1. The lowest BCUT2D eigenvalue weighted by atomic mass is 9.63. The van der Waals surface area contributed by atoms with E-state index in [1.807, 2.05) is 0 Å². The topological polar surface area (TPSA) is 23.8 Å². The molecule has 82 valence electrons. The molecule has 1 fully saturated rings. The molecule has 0 radical (unpaired) electrons. The Kier molecular flexibility index (Phi) is 1.58. The Hall–Kier alpha value is -1.52. The van der Waals surface area contributed by atoms with Crippen LogP contribution in [0, 0.1) is 11.3 Å². The van der Waals surface area contributed by atoms with Gasteiger partial charge in [0.2, 0.25) is 0 Å². The molecule has 17 heavy (non-hydrogen) atoms. The summed E-state index contributed by atoms with van der Waals surface area (Å²) in [6.45, 7) is 0. The summed E-state index contributed by atoms with van der Waals surface area (Å²) in [5.74, 6) is 0.642. The number of benzene rings is 2. The maximum absolute atomic E-state index is 9.24. The van der Waals surface area contributed by atoms with Crippen LogP contribution in [0.4, 0.5) is 0 Å². The number of halogens is 1. The first-order valence-electron chi connectivity index (χ1n) is 5.86. The highest BCUT2D eigenvalue weighted by atomic mass is 35.5. The van der Waals surface area contributed by atoms with Gasteiger partial charge in [0.25, 0.3) is 0 Å². The molecule has 1 saturated carbocycles. The molecule has 4 rings (SSSR count). The number of nitrogens with zero attached hydrogens (tertiary/aromatic N) is 1. The number of alkyl halides is 1. The van der Waals surface area contributed by atoms with Gasteiger partial charge in [-0.15, -0.1) is 11.6 Å². The van der Waals surface area contributed by atoms with E-state index in [1.165, 1.54) is 21.9 Å². The normalized spacial score (nSPS) is 32.9. The average Bonchev–Trinajstić information content (AvgIpc) is 2.61. The molecule has 2 aromatic carbocycles. The van der Waals surface area contributed by atoms with Crippen molar-refractivity contribution in [3.8, 4) is 6.07 Å². The zero-order valence-electron chi connectivity index (χ0n) is 9.15. The van der Waals surface area contributed by atoms with Crippen molar-refractivity contribution in [2.75, 3.05) is 0 Å². The molecule has 1 nitrogen and oxygen atoms in total. The van der Waals surface area contributed by atoms with Crippen LogP contribution in [0.2, 0.25) is 0 Å². The lowest BCUT2D eigenvalue weighted by Gasteiger charge is -2.44. The van der Waals surface area contributed by atoms with Crippen LogP contribution in [0.1, 0.15) is 29.4 Å². The Morgan fingerprint density at radius 3 is 2.59 bits per heavy atom. The molecule has 0 aromatic heterocycles. The zero-order chi connectivity index (χ0) is 11.6. The highest BCUT2D eigenvalue weighted by molar-refractivity contribution is 6.28. The minimum atomic E-state index is -0.683. The van der Waals surface area contributed by atoms with E-state index in [-0.39, 0.29) is 5.92 Å². The standard InChI is InChI=1S/C15H10ClN/c16-15(8-17)7-12-10-5-1-3-9-4-2-6-11(13(9)10)14(12)15/h1-6,12,14H,7H2/t12-,14+,15-/m0/s1. The predicted molar refractivity (Wildman–Crippen MR) is 68.2 cm³/mol. The minimum absolute atomic E-state index is 0.190. The van der Waals surface area contributed by atoms with Crippen molar-refractivity contribution >= 4 is 22.4 Å². The molecule has 0 heterocycles. The Labute approximate surface area is 105 Å². The lowest BCUT2D eigenvalue weighted by Crippen LogP contribution is -2.43. The molecule has 0 spiro atoms. The predicted octanol–water partition coefficient (Wildman–Crippen LogP) is 3.93. The van der Waals surface area contributed by atoms with Crippen LogP contribution in [0.25, 0.3) is 10.8 Å². The van der Waals surface area contributed by atoms with Gasteiger partial charge < -0.3 is 0 Å². The van der Waals surface area contributed by atoms with Crippen molar-refractivity contribution in [2.24, 2.45) is 0 Å². The Morgan fingerprint density at radius 1 is 1.18 bits per heavy atom. The molecule has 0 amide bonds. The summed E-state index contributed by atoms with van der Waals surface area (Å²) in [5, 5.41) is 11.9. The molecule has 0 aliphatic heterocycles. The van der Waals surface area contributed by atoms with Gasteiger partial charge in [-0.1, -0.05) is 36.4 Å². The first-order valence-corrected chi connectivity index (χ1v) is 6.24. The van der Waals surface area contributed by atoms with E-state index in [9.17, 15) is 5.26 Å². The van der Waals surface area contributed by atoms with Crippen LogP contribution in [0.5, 0.6) is 0 Å². The van der Waals surface area contributed by atoms with Crippen LogP contribution in [-0.2, 0) is 0 Å². The third kappa shape index (κ3) is 0.960. The summed E-state index contributed by atoms with van der Waals surface area (Å²) in [6.07, 6.45) is 0.781. The molecule has 0 bridgehead atoms. The van der Waals surface area contributed by atoms with Gasteiger partial charge in [-0.25, -0.2) is 0 Å². The first-order chi connectivity index (χ1) is 8.24. The second kappa shape index (κ2) is 2.83. The molecule has 0 saturated heterocycles. The van der Waals surface area contributed by atoms with Crippen molar-refractivity contribution in [3.63, 3.8) is 0 Å². The maximum atomic E-state index is 9.24. The quantitative estimate of drug-likeness (QED) is 0.639. The summed E-state index contributed by atoms with van der Waals surface area (Å²) in [5.41, 5.74) is 2.65.